The van der Waals surface area contributed by atoms with Gasteiger partial charge in [0.25, 0.3) is 5.84 Å². The molecule has 0 unspecified atom stereocenters. The summed E-state index contributed by atoms with van der Waals surface area (Å²) in [5.41, 5.74) is 0.549. The van der Waals surface area contributed by atoms with Crippen molar-refractivity contribution in [3.63, 3.8) is 0 Å². The molecule has 0 spiro atoms. The van der Waals surface area contributed by atoms with Gasteiger partial charge in [0.05, 0.1) is 12.6 Å². The van der Waals surface area contributed by atoms with Gasteiger partial charge in [-0.3, -0.25) is 4.99 Å². The van der Waals surface area contributed by atoms with E-state index in [1.165, 1.54) is 0 Å². The Balaban J connectivity index is 2.47. The Kier molecular flexibility index (Phi) is 2.77. The maximum Gasteiger partial charge on any atom is 0.357 e. The van der Waals surface area contributed by atoms with Gasteiger partial charge < -0.3 is 0 Å². The molecule has 0 aromatic heterocycles. The molecule has 0 radical (unpaired) electrons. The van der Waals surface area contributed by atoms with Gasteiger partial charge in [-0.2, -0.15) is 4.90 Å². The molecule has 1 aromatic carbocycles. The van der Waals surface area contributed by atoms with Crippen molar-refractivity contribution in [1.29, 1.82) is 0 Å². The minimum atomic E-state index is -0.500. The summed E-state index contributed by atoms with van der Waals surface area (Å²) in [6, 6.07) is 9.96. The highest BCUT2D eigenvalue weighted by Gasteiger charge is 2.51. The van der Waals surface area contributed by atoms with Crippen molar-refractivity contribution in [2.45, 2.75) is 26.3 Å². The first-order chi connectivity index (χ1) is 7.97. The first kappa shape index (κ1) is 11.8. The Bertz CT molecular complexity index is 464. The number of hydrogen-bond acceptors (Lipinski definition) is 1. The maximum absolute atomic E-state index is 12.3. The van der Waals surface area contributed by atoms with Crippen LogP contribution >= 0.6 is 0 Å². The molecule has 90 valence electrons. The largest absolute Gasteiger partial charge is 0.357 e. The molecule has 0 aliphatic carbocycles. The van der Waals surface area contributed by atoms with Crippen LogP contribution in [0.3, 0.4) is 0 Å². The fraction of sp³-hybridized carbons (Fsp3) is 0.429. The second kappa shape index (κ2) is 3.99. The first-order valence-corrected chi connectivity index (χ1v) is 5.95. The average molecular weight is 231 g/mol. The summed E-state index contributed by atoms with van der Waals surface area (Å²) in [7, 11) is 1.82. The van der Waals surface area contributed by atoms with E-state index in [1.54, 1.807) is 4.90 Å². The molecule has 1 N–H and O–H groups in total. The van der Waals surface area contributed by atoms with Crippen molar-refractivity contribution in [3.8, 4) is 0 Å². The van der Waals surface area contributed by atoms with Crippen LogP contribution < -0.4 is 4.99 Å². The lowest BCUT2D eigenvalue weighted by Crippen LogP contribution is -2.86. The molecule has 2 rings (SSSR count). The zero-order chi connectivity index (χ0) is 12.6. The van der Waals surface area contributed by atoms with Gasteiger partial charge in [-0.1, -0.05) is 32.0 Å². The standard InChI is InChI=1S/C14H18N2O/c1-10(2)14(3)13(17)16(4)12(15-14)11-8-6-5-7-9-11/h5-10H,1-4H3/p+1/t14-/m1/s1. The number of likely N-dealkylation sites (N-methyl/N-ethyl adjacent to an activating group) is 1. The van der Waals surface area contributed by atoms with Crippen LogP contribution in [-0.2, 0) is 4.79 Å². The first-order valence-electron chi connectivity index (χ1n) is 5.95. The number of hydrogen-bond donors (Lipinski definition) is 1. The van der Waals surface area contributed by atoms with Crippen molar-refractivity contribution >= 4 is 11.7 Å². The number of rotatable bonds is 2. The van der Waals surface area contributed by atoms with Gasteiger partial charge in [0.2, 0.25) is 5.54 Å². The fourth-order valence-corrected chi connectivity index (χ4v) is 2.09. The minimum Gasteiger partial charge on any atom is -0.257 e. The molecule has 1 aliphatic heterocycles. The Morgan fingerprint density at radius 3 is 2.29 bits per heavy atom. The van der Waals surface area contributed by atoms with E-state index < -0.39 is 5.54 Å². The zero-order valence-corrected chi connectivity index (χ0v) is 10.8. The summed E-state index contributed by atoms with van der Waals surface area (Å²) >= 11 is 0. The van der Waals surface area contributed by atoms with E-state index >= 15 is 0 Å². The van der Waals surface area contributed by atoms with Crippen LogP contribution in [0.15, 0.2) is 30.3 Å². The number of amides is 1. The number of carbonyl (C=O) groups is 1. The summed E-state index contributed by atoms with van der Waals surface area (Å²) in [4.78, 5) is 17.4. The van der Waals surface area contributed by atoms with Crippen LogP contribution in [0.25, 0.3) is 0 Å². The van der Waals surface area contributed by atoms with Crippen LogP contribution in [-0.4, -0.2) is 29.2 Å². The molecule has 0 fully saturated rings. The monoisotopic (exact) mass is 231 g/mol. The maximum atomic E-state index is 12.3. The van der Waals surface area contributed by atoms with E-state index in [0.29, 0.717) is 0 Å². The molecule has 1 amide bonds. The average Bonchev–Trinajstić information content (AvgIpc) is 2.56. The van der Waals surface area contributed by atoms with Crippen LogP contribution in [0, 0.1) is 5.92 Å². The van der Waals surface area contributed by atoms with Gasteiger partial charge in [-0.05, 0) is 19.1 Å². The van der Waals surface area contributed by atoms with Gasteiger partial charge in [-0.25, -0.2) is 4.79 Å². The second-order valence-corrected chi connectivity index (χ2v) is 5.06. The molecular weight excluding hydrogens is 212 g/mol. The number of benzene rings is 1. The van der Waals surface area contributed by atoms with Crippen molar-refractivity contribution in [3.05, 3.63) is 35.9 Å². The van der Waals surface area contributed by atoms with E-state index in [1.807, 2.05) is 44.3 Å². The van der Waals surface area contributed by atoms with Gasteiger partial charge in [-0.15, -0.1) is 0 Å². The Labute approximate surface area is 102 Å². The summed E-state index contributed by atoms with van der Waals surface area (Å²) < 4.78 is 0. The topological polar surface area (TPSA) is 34.3 Å². The van der Waals surface area contributed by atoms with Gasteiger partial charge in [0.1, 0.15) is 0 Å². The van der Waals surface area contributed by atoms with E-state index in [-0.39, 0.29) is 11.8 Å². The SMILES string of the molecule is CC(C)[C@@]1(C)[NH+]=C(c2ccccc2)N(C)C1=O. The third-order valence-electron chi connectivity index (χ3n) is 3.66. The molecule has 0 bridgehead atoms. The molecule has 0 saturated carbocycles. The number of nitrogens with zero attached hydrogens (tertiary/aromatic N) is 1. The van der Waals surface area contributed by atoms with Crippen LogP contribution in [0.1, 0.15) is 26.3 Å². The quantitative estimate of drug-likeness (QED) is 0.785. The van der Waals surface area contributed by atoms with Crippen molar-refractivity contribution < 1.29 is 9.79 Å². The van der Waals surface area contributed by atoms with Gasteiger partial charge in [0.15, 0.2) is 0 Å². The minimum absolute atomic E-state index is 0.131. The third kappa shape index (κ3) is 1.75. The predicted octanol–water partition coefficient (Wildman–Crippen LogP) is 0.400. The molecule has 1 aromatic rings. The molecule has 0 saturated heterocycles. The van der Waals surface area contributed by atoms with E-state index in [9.17, 15) is 4.79 Å². The lowest BCUT2D eigenvalue weighted by Gasteiger charge is -2.18. The Morgan fingerprint density at radius 1 is 1.24 bits per heavy atom. The van der Waals surface area contributed by atoms with E-state index in [2.05, 4.69) is 18.8 Å². The lowest BCUT2D eigenvalue weighted by molar-refractivity contribution is -0.533. The fourth-order valence-electron chi connectivity index (χ4n) is 2.09. The highest BCUT2D eigenvalue weighted by molar-refractivity contribution is 6.09. The van der Waals surface area contributed by atoms with E-state index in [4.69, 9.17) is 0 Å². The summed E-state index contributed by atoms with van der Waals surface area (Å²) in [6.07, 6.45) is 0. The van der Waals surface area contributed by atoms with Crippen molar-refractivity contribution in [1.82, 2.24) is 4.90 Å². The number of nitrogens with one attached hydrogen (secondary N) is 1. The molecule has 3 nitrogen and oxygen atoms in total. The highest BCUT2D eigenvalue weighted by atomic mass is 16.2. The van der Waals surface area contributed by atoms with Crippen molar-refractivity contribution in [2.24, 2.45) is 5.92 Å². The van der Waals surface area contributed by atoms with Crippen molar-refractivity contribution in [2.75, 3.05) is 7.05 Å². The number of amidine groups is 1. The Hall–Kier alpha value is -1.64. The molecule has 1 aliphatic rings. The summed E-state index contributed by atoms with van der Waals surface area (Å²) in [6.45, 7) is 6.09. The Morgan fingerprint density at radius 2 is 1.82 bits per heavy atom. The van der Waals surface area contributed by atoms with Gasteiger partial charge >= 0.3 is 5.91 Å². The van der Waals surface area contributed by atoms with Crippen LogP contribution in [0.5, 0.6) is 0 Å². The summed E-state index contributed by atoms with van der Waals surface area (Å²) in [5.74, 6) is 1.27. The zero-order valence-electron chi connectivity index (χ0n) is 10.8. The summed E-state index contributed by atoms with van der Waals surface area (Å²) in [5, 5.41) is 0. The van der Waals surface area contributed by atoms with Gasteiger partial charge in [0, 0.05) is 5.92 Å². The highest BCUT2D eigenvalue weighted by Crippen LogP contribution is 2.18. The van der Waals surface area contributed by atoms with E-state index in [0.717, 1.165) is 11.4 Å². The third-order valence-corrected chi connectivity index (χ3v) is 3.66. The predicted molar refractivity (Wildman–Crippen MR) is 67.5 cm³/mol. The molecule has 1 heterocycles. The molecule has 3 heteroatoms. The van der Waals surface area contributed by atoms with Crippen LogP contribution in [0.2, 0.25) is 0 Å². The number of carbonyl (C=O) groups excluding carboxylic acids is 1. The second-order valence-electron chi connectivity index (χ2n) is 5.06. The molecule has 1 atom stereocenters. The lowest BCUT2D eigenvalue weighted by atomic mass is 9.89. The normalized spacial score (nSPS) is 24.4. The molecular formula is C14H19N2O+. The molecule has 17 heavy (non-hydrogen) atoms. The smallest absolute Gasteiger partial charge is 0.257 e. The van der Waals surface area contributed by atoms with Crippen LogP contribution in [0.4, 0.5) is 0 Å².